The minimum absolute atomic E-state index is 1.40. The van der Waals surface area contributed by atoms with Gasteiger partial charge in [-0.05, 0) is 64.8 Å². The summed E-state index contributed by atoms with van der Waals surface area (Å²) in [7, 11) is 0. The van der Waals surface area contributed by atoms with E-state index in [9.17, 15) is 0 Å². The molecular weight excluding hydrogens is 232 g/mol. The molecule has 0 N–H and O–H groups in total. The molecule has 2 heteroatoms. The van der Waals surface area contributed by atoms with Gasteiger partial charge in [0.05, 0.1) is 0 Å². The second-order valence-electron chi connectivity index (χ2n) is 4.12. The van der Waals surface area contributed by atoms with Crippen LogP contribution in [0.5, 0.6) is 0 Å². The van der Waals surface area contributed by atoms with Gasteiger partial charge in [0.15, 0.2) is 0 Å². The molecule has 88 valence electrons. The van der Waals surface area contributed by atoms with E-state index in [-0.39, 0.29) is 0 Å². The molecule has 0 amide bonds. The normalized spacial score (nSPS) is 9.88. The number of aryl methyl sites for hydroxylation is 4. The Labute approximate surface area is 107 Å². The second-order valence-corrected chi connectivity index (χ2v) is 7.04. The zero-order valence-electron chi connectivity index (χ0n) is 11.0. The van der Waals surface area contributed by atoms with E-state index in [0.717, 1.165) is 0 Å². The molecule has 2 heterocycles. The third-order valence-corrected chi connectivity index (χ3v) is 4.94. The van der Waals surface area contributed by atoms with Gasteiger partial charge in [0, 0.05) is 19.5 Å². The molecule has 2 rings (SSSR count). The zero-order chi connectivity index (χ0) is 12.3. The molecule has 0 bridgehead atoms. The Balaban J connectivity index is 0.000000165. The van der Waals surface area contributed by atoms with Gasteiger partial charge in [-0.1, -0.05) is 0 Å². The Hall–Kier alpha value is -0.600. The lowest BCUT2D eigenvalue weighted by Crippen LogP contribution is -1.73. The molecule has 0 saturated heterocycles. The summed E-state index contributed by atoms with van der Waals surface area (Å²) in [5.41, 5.74) is 2.94. The van der Waals surface area contributed by atoms with Gasteiger partial charge in [-0.2, -0.15) is 0 Å². The van der Waals surface area contributed by atoms with Crippen LogP contribution in [0, 0.1) is 41.5 Å². The van der Waals surface area contributed by atoms with Crippen molar-refractivity contribution in [1.29, 1.82) is 0 Å². The molecule has 0 saturated carbocycles. The summed E-state index contributed by atoms with van der Waals surface area (Å²) in [5.74, 6) is 0. The van der Waals surface area contributed by atoms with E-state index in [1.54, 1.807) is 0 Å². The maximum absolute atomic E-state index is 2.19. The van der Waals surface area contributed by atoms with Crippen molar-refractivity contribution in [3.63, 3.8) is 0 Å². The number of hydrogen-bond donors (Lipinski definition) is 0. The van der Waals surface area contributed by atoms with Crippen LogP contribution in [0.25, 0.3) is 0 Å². The first-order valence-corrected chi connectivity index (χ1v) is 7.11. The predicted molar refractivity (Wildman–Crippen MR) is 77.1 cm³/mol. The van der Waals surface area contributed by atoms with Crippen LogP contribution >= 0.6 is 22.7 Å². The SMILES string of the molecule is Cc1ccc(C)s1.Cc1sc(C)c(C)c1C. The maximum atomic E-state index is 2.19. The van der Waals surface area contributed by atoms with Crippen molar-refractivity contribution in [2.24, 2.45) is 0 Å². The molecule has 0 aliphatic carbocycles. The third kappa shape index (κ3) is 3.46. The molecule has 0 aliphatic rings. The monoisotopic (exact) mass is 252 g/mol. The summed E-state index contributed by atoms with van der Waals surface area (Å²) in [4.78, 5) is 5.73. The standard InChI is InChI=1S/C8H12S.C6H8S/c1-5-6(2)8(4)9-7(5)3;1-5-3-4-6(2)7-5/h1-4H3;3-4H,1-2H3. The van der Waals surface area contributed by atoms with E-state index in [1.165, 1.54) is 30.6 Å². The van der Waals surface area contributed by atoms with Crippen molar-refractivity contribution in [3.8, 4) is 0 Å². The minimum atomic E-state index is 1.40. The van der Waals surface area contributed by atoms with Crippen molar-refractivity contribution in [1.82, 2.24) is 0 Å². The zero-order valence-corrected chi connectivity index (χ0v) is 12.6. The topological polar surface area (TPSA) is 0 Å². The molecule has 0 fully saturated rings. The summed E-state index contributed by atoms with van der Waals surface area (Å²) < 4.78 is 0. The molecule has 0 aliphatic heterocycles. The Kier molecular flexibility index (Phi) is 4.75. The van der Waals surface area contributed by atoms with E-state index in [2.05, 4.69) is 53.7 Å². The Bertz CT molecular complexity index is 422. The second kappa shape index (κ2) is 5.65. The molecule has 2 aromatic rings. The van der Waals surface area contributed by atoms with E-state index in [1.807, 2.05) is 22.7 Å². The highest BCUT2D eigenvalue weighted by atomic mass is 32.1. The first-order chi connectivity index (χ1) is 7.41. The third-order valence-electron chi connectivity index (χ3n) is 2.80. The van der Waals surface area contributed by atoms with Crippen LogP contribution in [0.2, 0.25) is 0 Å². The van der Waals surface area contributed by atoms with Crippen molar-refractivity contribution >= 4 is 22.7 Å². The highest BCUT2D eigenvalue weighted by Crippen LogP contribution is 2.24. The minimum Gasteiger partial charge on any atom is -0.146 e. The number of rotatable bonds is 0. The molecule has 0 radical (unpaired) electrons. The smallest absolute Gasteiger partial charge is 0.00489 e. The first kappa shape index (κ1) is 13.5. The lowest BCUT2D eigenvalue weighted by atomic mass is 10.2. The lowest BCUT2D eigenvalue weighted by molar-refractivity contribution is 1.32. The van der Waals surface area contributed by atoms with E-state index in [4.69, 9.17) is 0 Å². The van der Waals surface area contributed by atoms with Gasteiger partial charge in [0.25, 0.3) is 0 Å². The number of thiophene rings is 2. The lowest BCUT2D eigenvalue weighted by Gasteiger charge is -1.88. The van der Waals surface area contributed by atoms with E-state index < -0.39 is 0 Å². The van der Waals surface area contributed by atoms with E-state index in [0.29, 0.717) is 0 Å². The van der Waals surface area contributed by atoms with Gasteiger partial charge in [-0.15, -0.1) is 22.7 Å². The summed E-state index contributed by atoms with van der Waals surface area (Å²) in [6, 6.07) is 4.28. The summed E-state index contributed by atoms with van der Waals surface area (Å²) in [5, 5.41) is 0. The van der Waals surface area contributed by atoms with Crippen LogP contribution in [0.4, 0.5) is 0 Å². The maximum Gasteiger partial charge on any atom is 0.00489 e. The quantitative estimate of drug-likeness (QED) is 0.593. The van der Waals surface area contributed by atoms with Crippen LogP contribution in [0.15, 0.2) is 12.1 Å². The summed E-state index contributed by atoms with van der Waals surface area (Å²) in [6.07, 6.45) is 0. The van der Waals surface area contributed by atoms with Crippen molar-refractivity contribution < 1.29 is 0 Å². The summed E-state index contributed by atoms with van der Waals surface area (Å²) >= 11 is 3.74. The van der Waals surface area contributed by atoms with Gasteiger partial charge in [-0.3, -0.25) is 0 Å². The fraction of sp³-hybridized carbons (Fsp3) is 0.429. The molecule has 0 nitrogen and oxygen atoms in total. The van der Waals surface area contributed by atoms with Gasteiger partial charge in [0.1, 0.15) is 0 Å². The fourth-order valence-corrected chi connectivity index (χ4v) is 3.32. The Morgan fingerprint density at radius 2 is 1.00 bits per heavy atom. The molecule has 16 heavy (non-hydrogen) atoms. The van der Waals surface area contributed by atoms with Gasteiger partial charge < -0.3 is 0 Å². The van der Waals surface area contributed by atoms with Gasteiger partial charge in [-0.25, -0.2) is 0 Å². The van der Waals surface area contributed by atoms with Crippen LogP contribution < -0.4 is 0 Å². The highest BCUT2D eigenvalue weighted by Gasteiger charge is 2.02. The van der Waals surface area contributed by atoms with Crippen molar-refractivity contribution in [2.45, 2.75) is 41.5 Å². The average molecular weight is 252 g/mol. The Morgan fingerprint density at radius 3 is 1.12 bits per heavy atom. The highest BCUT2D eigenvalue weighted by molar-refractivity contribution is 7.12. The van der Waals surface area contributed by atoms with Crippen LogP contribution in [-0.2, 0) is 0 Å². The van der Waals surface area contributed by atoms with Crippen LogP contribution in [0.1, 0.15) is 30.6 Å². The average Bonchev–Trinajstić information content (AvgIpc) is 2.68. The number of hydrogen-bond acceptors (Lipinski definition) is 2. The molecule has 0 aromatic carbocycles. The largest absolute Gasteiger partial charge is 0.146 e. The first-order valence-electron chi connectivity index (χ1n) is 5.48. The predicted octanol–water partition coefficient (Wildman–Crippen LogP) is 5.35. The molecule has 0 unspecified atom stereocenters. The van der Waals surface area contributed by atoms with Gasteiger partial charge >= 0.3 is 0 Å². The fourth-order valence-electron chi connectivity index (χ4n) is 1.47. The van der Waals surface area contributed by atoms with Gasteiger partial charge in [0.2, 0.25) is 0 Å². The van der Waals surface area contributed by atoms with E-state index >= 15 is 0 Å². The van der Waals surface area contributed by atoms with Crippen LogP contribution in [-0.4, -0.2) is 0 Å². The molecule has 2 aromatic heterocycles. The van der Waals surface area contributed by atoms with Crippen molar-refractivity contribution in [2.75, 3.05) is 0 Å². The van der Waals surface area contributed by atoms with Crippen LogP contribution in [0.3, 0.4) is 0 Å². The molecule has 0 spiro atoms. The molecular formula is C14H20S2. The van der Waals surface area contributed by atoms with Crippen molar-refractivity contribution in [3.05, 3.63) is 42.8 Å². The Morgan fingerprint density at radius 1 is 0.625 bits per heavy atom. The summed E-state index contributed by atoms with van der Waals surface area (Å²) in [6.45, 7) is 13.0. The molecule has 0 atom stereocenters.